The van der Waals surface area contributed by atoms with Crippen molar-refractivity contribution >= 4 is 0 Å². The molecule has 1 heterocycles. The highest BCUT2D eigenvalue weighted by molar-refractivity contribution is 5.21. The molecule has 3 rings (SSSR count). The minimum absolute atomic E-state index is 0.135. The summed E-state index contributed by atoms with van der Waals surface area (Å²) >= 11 is 0. The van der Waals surface area contributed by atoms with Crippen LogP contribution in [0, 0.1) is 0 Å². The van der Waals surface area contributed by atoms with Gasteiger partial charge in [0.1, 0.15) is 11.9 Å². The molecule has 0 bridgehead atoms. The van der Waals surface area contributed by atoms with Gasteiger partial charge in [0.15, 0.2) is 0 Å². The fraction of sp³-hybridized carbons (Fsp3) is 0.625. The predicted molar refractivity (Wildman–Crippen MR) is 71.9 cm³/mol. The van der Waals surface area contributed by atoms with E-state index in [0.717, 1.165) is 25.2 Å². The van der Waals surface area contributed by atoms with Crippen molar-refractivity contribution in [1.29, 1.82) is 0 Å². The predicted octanol–water partition coefficient (Wildman–Crippen LogP) is 3.95. The average Bonchev–Trinajstić information content (AvgIpc) is 2.41. The summed E-state index contributed by atoms with van der Waals surface area (Å²) in [6, 6.07) is 10.2. The minimum atomic E-state index is 0.135. The molecule has 0 radical (unpaired) electrons. The van der Waals surface area contributed by atoms with Crippen LogP contribution in [-0.4, -0.2) is 18.3 Å². The lowest BCUT2D eigenvalue weighted by atomic mass is 9.79. The van der Waals surface area contributed by atoms with E-state index in [4.69, 9.17) is 9.47 Å². The summed E-state index contributed by atoms with van der Waals surface area (Å²) in [5.41, 5.74) is 0.135. The first-order valence-electron chi connectivity index (χ1n) is 7.22. The van der Waals surface area contributed by atoms with E-state index >= 15 is 0 Å². The number of hydrogen-bond acceptors (Lipinski definition) is 2. The Bertz CT molecular complexity index is 362. The molecule has 1 unspecified atom stereocenters. The zero-order chi connectivity index (χ0) is 12.3. The summed E-state index contributed by atoms with van der Waals surface area (Å²) in [6.45, 7) is 0.859. The van der Waals surface area contributed by atoms with Crippen LogP contribution in [0.2, 0.25) is 0 Å². The Kier molecular flexibility index (Phi) is 3.55. The van der Waals surface area contributed by atoms with Crippen LogP contribution >= 0.6 is 0 Å². The second kappa shape index (κ2) is 5.31. The van der Waals surface area contributed by atoms with Crippen molar-refractivity contribution in [2.24, 2.45) is 0 Å². The summed E-state index contributed by atoms with van der Waals surface area (Å²) in [4.78, 5) is 0. The summed E-state index contributed by atoms with van der Waals surface area (Å²) in [7, 11) is 0. The molecule has 1 aliphatic carbocycles. The minimum Gasteiger partial charge on any atom is -0.490 e. The molecular weight excluding hydrogens is 224 g/mol. The first-order chi connectivity index (χ1) is 8.86. The monoisotopic (exact) mass is 246 g/mol. The van der Waals surface area contributed by atoms with Gasteiger partial charge >= 0.3 is 0 Å². The second-order valence-corrected chi connectivity index (χ2v) is 5.64. The van der Waals surface area contributed by atoms with E-state index in [1.807, 2.05) is 30.3 Å². The van der Waals surface area contributed by atoms with Crippen LogP contribution in [0.4, 0.5) is 0 Å². The number of rotatable bonds is 2. The normalized spacial score (nSPS) is 27.0. The molecule has 1 aliphatic heterocycles. The molecule has 0 aromatic heterocycles. The van der Waals surface area contributed by atoms with Crippen molar-refractivity contribution in [3.8, 4) is 5.75 Å². The van der Waals surface area contributed by atoms with Gasteiger partial charge in [-0.25, -0.2) is 0 Å². The number of ether oxygens (including phenoxy) is 2. The second-order valence-electron chi connectivity index (χ2n) is 5.64. The lowest BCUT2D eigenvalue weighted by Gasteiger charge is -2.43. The Morgan fingerprint density at radius 2 is 1.83 bits per heavy atom. The van der Waals surface area contributed by atoms with Crippen molar-refractivity contribution < 1.29 is 9.47 Å². The van der Waals surface area contributed by atoms with Gasteiger partial charge in [-0.3, -0.25) is 0 Å². The molecule has 2 aliphatic rings. The van der Waals surface area contributed by atoms with Gasteiger partial charge in [-0.15, -0.1) is 0 Å². The van der Waals surface area contributed by atoms with Crippen LogP contribution in [0.3, 0.4) is 0 Å². The van der Waals surface area contributed by atoms with E-state index in [2.05, 4.69) is 0 Å². The molecule has 2 heteroatoms. The Morgan fingerprint density at radius 1 is 1.06 bits per heavy atom. The fourth-order valence-electron chi connectivity index (χ4n) is 3.32. The van der Waals surface area contributed by atoms with E-state index in [9.17, 15) is 0 Å². The van der Waals surface area contributed by atoms with Gasteiger partial charge in [-0.1, -0.05) is 37.5 Å². The van der Waals surface area contributed by atoms with Crippen LogP contribution in [0.25, 0.3) is 0 Å². The summed E-state index contributed by atoms with van der Waals surface area (Å²) in [6.07, 6.45) is 8.88. The molecule has 2 nitrogen and oxygen atoms in total. The van der Waals surface area contributed by atoms with Gasteiger partial charge in [-0.05, 0) is 25.0 Å². The third kappa shape index (κ3) is 2.69. The Labute approximate surface area is 109 Å². The highest BCUT2D eigenvalue weighted by atomic mass is 16.5. The quantitative estimate of drug-likeness (QED) is 0.786. The molecule has 1 saturated heterocycles. The maximum absolute atomic E-state index is 6.10. The van der Waals surface area contributed by atoms with Crippen molar-refractivity contribution in [2.75, 3.05) is 6.61 Å². The standard InChI is InChI=1S/C16H22O2/c1-3-7-14(8-4-1)18-15-9-12-17-16(13-15)10-5-2-6-11-16/h1,3-4,7-8,15H,2,5-6,9-13H2. The zero-order valence-corrected chi connectivity index (χ0v) is 10.9. The largest absolute Gasteiger partial charge is 0.490 e. The van der Waals surface area contributed by atoms with Gasteiger partial charge in [0.05, 0.1) is 12.2 Å². The van der Waals surface area contributed by atoms with Crippen LogP contribution in [-0.2, 0) is 4.74 Å². The number of hydrogen-bond donors (Lipinski definition) is 0. The molecule has 1 spiro atoms. The Morgan fingerprint density at radius 3 is 2.61 bits per heavy atom. The molecular formula is C16H22O2. The Balaban J connectivity index is 1.63. The van der Waals surface area contributed by atoms with Crippen molar-refractivity contribution in [3.05, 3.63) is 30.3 Å². The van der Waals surface area contributed by atoms with Crippen LogP contribution in [0.5, 0.6) is 5.75 Å². The molecule has 18 heavy (non-hydrogen) atoms. The summed E-state index contributed by atoms with van der Waals surface area (Å²) in [5.74, 6) is 0.996. The molecule has 98 valence electrons. The van der Waals surface area contributed by atoms with Gasteiger partial charge in [0.2, 0.25) is 0 Å². The van der Waals surface area contributed by atoms with E-state index in [1.165, 1.54) is 32.1 Å². The van der Waals surface area contributed by atoms with Crippen LogP contribution in [0.1, 0.15) is 44.9 Å². The van der Waals surface area contributed by atoms with E-state index in [0.29, 0.717) is 6.10 Å². The Hall–Kier alpha value is -1.02. The molecule has 1 saturated carbocycles. The first kappa shape index (κ1) is 12.0. The first-order valence-corrected chi connectivity index (χ1v) is 7.22. The summed E-state index contributed by atoms with van der Waals surface area (Å²) in [5, 5.41) is 0. The van der Waals surface area contributed by atoms with E-state index in [1.54, 1.807) is 0 Å². The average molecular weight is 246 g/mol. The molecule has 0 N–H and O–H groups in total. The van der Waals surface area contributed by atoms with Gasteiger partial charge in [0, 0.05) is 12.8 Å². The molecule has 1 atom stereocenters. The van der Waals surface area contributed by atoms with Crippen molar-refractivity contribution in [2.45, 2.75) is 56.7 Å². The topological polar surface area (TPSA) is 18.5 Å². The maximum atomic E-state index is 6.10. The lowest BCUT2D eigenvalue weighted by Crippen LogP contribution is -2.45. The van der Waals surface area contributed by atoms with Gasteiger partial charge in [0.25, 0.3) is 0 Å². The van der Waals surface area contributed by atoms with Gasteiger partial charge < -0.3 is 9.47 Å². The number of benzene rings is 1. The summed E-state index contributed by atoms with van der Waals surface area (Å²) < 4.78 is 12.2. The van der Waals surface area contributed by atoms with E-state index in [-0.39, 0.29) is 5.60 Å². The van der Waals surface area contributed by atoms with Crippen LogP contribution < -0.4 is 4.74 Å². The van der Waals surface area contributed by atoms with Crippen LogP contribution in [0.15, 0.2) is 30.3 Å². The molecule has 0 amide bonds. The van der Waals surface area contributed by atoms with Crippen molar-refractivity contribution in [1.82, 2.24) is 0 Å². The third-order valence-corrected chi connectivity index (χ3v) is 4.26. The van der Waals surface area contributed by atoms with Crippen molar-refractivity contribution in [3.63, 3.8) is 0 Å². The highest BCUT2D eigenvalue weighted by Gasteiger charge is 2.39. The highest BCUT2D eigenvalue weighted by Crippen LogP contribution is 2.39. The van der Waals surface area contributed by atoms with E-state index < -0.39 is 0 Å². The smallest absolute Gasteiger partial charge is 0.119 e. The molecule has 1 aromatic rings. The SMILES string of the molecule is c1ccc(OC2CCOC3(CCCCC3)C2)cc1. The maximum Gasteiger partial charge on any atom is 0.119 e. The third-order valence-electron chi connectivity index (χ3n) is 4.26. The molecule has 1 aromatic carbocycles. The fourth-order valence-corrected chi connectivity index (χ4v) is 3.32. The lowest BCUT2D eigenvalue weighted by molar-refractivity contribution is -0.129. The zero-order valence-electron chi connectivity index (χ0n) is 10.9. The van der Waals surface area contributed by atoms with Gasteiger partial charge in [-0.2, -0.15) is 0 Å². The number of para-hydroxylation sites is 1. The molecule has 2 fully saturated rings.